The number of anilines is 1. The first kappa shape index (κ1) is 17.6. The third-order valence-electron chi connectivity index (χ3n) is 3.22. The van der Waals surface area contributed by atoms with E-state index < -0.39 is 19.9 Å². The van der Waals surface area contributed by atoms with Gasteiger partial charge >= 0.3 is 0 Å². The summed E-state index contributed by atoms with van der Waals surface area (Å²) in [6.07, 6.45) is 1.30. The number of imide groups is 1. The lowest BCUT2D eigenvalue weighted by molar-refractivity contribution is -0.121. The van der Waals surface area contributed by atoms with E-state index in [-0.39, 0.29) is 41.8 Å². The summed E-state index contributed by atoms with van der Waals surface area (Å²) in [5.41, 5.74) is 0.313. The van der Waals surface area contributed by atoms with Crippen LogP contribution in [0.25, 0.3) is 0 Å². The number of rotatable bonds is 6. The third kappa shape index (κ3) is 4.36. The highest BCUT2D eigenvalue weighted by atomic mass is 32.2. The summed E-state index contributed by atoms with van der Waals surface area (Å²) >= 11 is 0. The number of benzene rings is 1. The summed E-state index contributed by atoms with van der Waals surface area (Å²) in [5, 5.41) is 0. The van der Waals surface area contributed by atoms with Gasteiger partial charge < -0.3 is 0 Å². The van der Waals surface area contributed by atoms with E-state index in [4.69, 9.17) is 0 Å². The van der Waals surface area contributed by atoms with Gasteiger partial charge in [-0.15, -0.1) is 0 Å². The molecule has 0 spiro atoms. The monoisotopic (exact) mass is 360 g/mol. The smallest absolute Gasteiger partial charge is 0.240 e. The van der Waals surface area contributed by atoms with Crippen molar-refractivity contribution in [2.24, 2.45) is 0 Å². The van der Waals surface area contributed by atoms with Crippen molar-refractivity contribution in [3.05, 3.63) is 24.3 Å². The fraction of sp³-hybridized carbons (Fsp3) is 0.385. The quantitative estimate of drug-likeness (QED) is 0.694. The molecular weight excluding hydrogens is 344 g/mol. The number of nitrogens with one attached hydrogen (secondary N) is 1. The molecule has 23 heavy (non-hydrogen) atoms. The Morgan fingerprint density at radius 1 is 1.00 bits per heavy atom. The van der Waals surface area contributed by atoms with Gasteiger partial charge in [-0.3, -0.25) is 14.5 Å². The Morgan fingerprint density at radius 2 is 1.52 bits per heavy atom. The number of sulfone groups is 1. The lowest BCUT2D eigenvalue weighted by atomic mass is 10.3. The predicted octanol–water partition coefficient (Wildman–Crippen LogP) is -0.337. The lowest BCUT2D eigenvalue weighted by Gasteiger charge is -2.14. The molecule has 0 radical (unpaired) electrons. The van der Waals surface area contributed by atoms with Crippen molar-refractivity contribution in [1.82, 2.24) is 4.72 Å². The minimum absolute atomic E-state index is 0.0751. The Balaban J connectivity index is 2.12. The fourth-order valence-corrected chi connectivity index (χ4v) is 3.72. The van der Waals surface area contributed by atoms with E-state index in [0.717, 1.165) is 11.2 Å². The van der Waals surface area contributed by atoms with Crippen LogP contribution in [0.4, 0.5) is 5.69 Å². The van der Waals surface area contributed by atoms with Gasteiger partial charge in [0.1, 0.15) is 9.84 Å². The summed E-state index contributed by atoms with van der Waals surface area (Å²) in [5.74, 6) is -0.949. The Labute approximate surface area is 134 Å². The van der Waals surface area contributed by atoms with Gasteiger partial charge in [-0.2, -0.15) is 0 Å². The summed E-state index contributed by atoms with van der Waals surface area (Å²) in [6, 6.07) is 5.26. The summed E-state index contributed by atoms with van der Waals surface area (Å²) < 4.78 is 48.2. The van der Waals surface area contributed by atoms with Crippen LogP contribution in [0.2, 0.25) is 0 Å². The molecule has 0 atom stereocenters. The molecule has 10 heteroatoms. The zero-order valence-electron chi connectivity index (χ0n) is 12.4. The number of sulfonamides is 1. The van der Waals surface area contributed by atoms with Crippen LogP contribution in [0.1, 0.15) is 12.8 Å². The fourth-order valence-electron chi connectivity index (χ4n) is 2.08. The first-order valence-electron chi connectivity index (χ1n) is 6.73. The Kier molecular flexibility index (Phi) is 4.87. The van der Waals surface area contributed by atoms with Gasteiger partial charge in [0.2, 0.25) is 21.8 Å². The molecule has 1 heterocycles. The molecular formula is C13H16N2O6S2. The molecule has 0 aromatic heterocycles. The molecule has 0 bridgehead atoms. The minimum atomic E-state index is -3.85. The first-order valence-corrected chi connectivity index (χ1v) is 10.3. The van der Waals surface area contributed by atoms with Gasteiger partial charge in [0, 0.05) is 25.6 Å². The second-order valence-corrected chi connectivity index (χ2v) is 9.17. The number of amides is 2. The maximum Gasteiger partial charge on any atom is 0.240 e. The van der Waals surface area contributed by atoms with Crippen LogP contribution in [0.3, 0.4) is 0 Å². The standard InChI is InChI=1S/C13H16N2O6S2/c1-22(18,19)9-8-14-23(20,21)11-4-2-10(3-5-11)15-12(16)6-7-13(15)17/h2-5,14H,6-9H2,1H3. The molecule has 1 aromatic carbocycles. The van der Waals surface area contributed by atoms with Crippen LogP contribution in [-0.2, 0) is 29.4 Å². The topological polar surface area (TPSA) is 118 Å². The average molecular weight is 360 g/mol. The zero-order chi connectivity index (χ0) is 17.3. The van der Waals surface area contributed by atoms with E-state index in [1.165, 1.54) is 24.3 Å². The van der Waals surface area contributed by atoms with Gasteiger partial charge in [0.05, 0.1) is 16.3 Å². The molecule has 1 fully saturated rings. The van der Waals surface area contributed by atoms with Crippen LogP contribution in [0.5, 0.6) is 0 Å². The normalized spacial score (nSPS) is 16.1. The van der Waals surface area contributed by atoms with Crippen molar-refractivity contribution in [3.8, 4) is 0 Å². The van der Waals surface area contributed by atoms with Crippen molar-refractivity contribution in [2.75, 3.05) is 23.5 Å². The van der Waals surface area contributed by atoms with E-state index >= 15 is 0 Å². The summed E-state index contributed by atoms with van der Waals surface area (Å²) in [4.78, 5) is 24.2. The molecule has 1 aliphatic heterocycles. The van der Waals surface area contributed by atoms with Crippen LogP contribution < -0.4 is 9.62 Å². The maximum absolute atomic E-state index is 12.0. The number of hydrogen-bond donors (Lipinski definition) is 1. The molecule has 1 saturated heterocycles. The molecule has 8 nitrogen and oxygen atoms in total. The largest absolute Gasteiger partial charge is 0.274 e. The van der Waals surface area contributed by atoms with E-state index in [1.54, 1.807) is 0 Å². The molecule has 2 rings (SSSR count). The van der Waals surface area contributed by atoms with Crippen LogP contribution >= 0.6 is 0 Å². The van der Waals surface area contributed by atoms with Crippen molar-refractivity contribution >= 4 is 37.4 Å². The van der Waals surface area contributed by atoms with Gasteiger partial charge in [-0.05, 0) is 24.3 Å². The highest BCUT2D eigenvalue weighted by molar-refractivity contribution is 7.91. The van der Waals surface area contributed by atoms with E-state index in [1.807, 2.05) is 0 Å². The summed E-state index contributed by atoms with van der Waals surface area (Å²) in [6.45, 7) is -0.230. The zero-order valence-corrected chi connectivity index (χ0v) is 14.0. The second kappa shape index (κ2) is 6.38. The summed E-state index contributed by atoms with van der Waals surface area (Å²) in [7, 11) is -7.12. The van der Waals surface area contributed by atoms with E-state index in [0.29, 0.717) is 5.69 Å². The molecule has 1 N–H and O–H groups in total. The van der Waals surface area contributed by atoms with Crippen molar-refractivity contribution < 1.29 is 26.4 Å². The van der Waals surface area contributed by atoms with Gasteiger partial charge in [-0.25, -0.2) is 21.6 Å². The Hall–Kier alpha value is -1.78. The SMILES string of the molecule is CS(=O)(=O)CCNS(=O)(=O)c1ccc(N2C(=O)CCC2=O)cc1. The molecule has 0 saturated carbocycles. The number of hydrogen-bond acceptors (Lipinski definition) is 6. The highest BCUT2D eigenvalue weighted by Crippen LogP contribution is 2.23. The molecule has 0 aliphatic carbocycles. The van der Waals surface area contributed by atoms with Crippen molar-refractivity contribution in [3.63, 3.8) is 0 Å². The highest BCUT2D eigenvalue weighted by Gasteiger charge is 2.30. The molecule has 1 aliphatic rings. The lowest BCUT2D eigenvalue weighted by Crippen LogP contribution is -2.30. The minimum Gasteiger partial charge on any atom is -0.274 e. The predicted molar refractivity (Wildman–Crippen MR) is 83.1 cm³/mol. The third-order valence-corrected chi connectivity index (χ3v) is 5.64. The van der Waals surface area contributed by atoms with Gasteiger partial charge in [0.25, 0.3) is 0 Å². The van der Waals surface area contributed by atoms with Crippen molar-refractivity contribution in [1.29, 1.82) is 0 Å². The van der Waals surface area contributed by atoms with E-state index in [9.17, 15) is 26.4 Å². The Bertz CT molecular complexity index is 812. The molecule has 126 valence electrons. The number of carbonyl (C=O) groups is 2. The second-order valence-electron chi connectivity index (χ2n) is 5.14. The van der Waals surface area contributed by atoms with Gasteiger partial charge in [-0.1, -0.05) is 0 Å². The van der Waals surface area contributed by atoms with Crippen LogP contribution in [-0.4, -0.2) is 47.2 Å². The maximum atomic E-state index is 12.0. The van der Waals surface area contributed by atoms with E-state index in [2.05, 4.69) is 4.72 Å². The Morgan fingerprint density at radius 3 is 2.00 bits per heavy atom. The van der Waals surface area contributed by atoms with Gasteiger partial charge in [0.15, 0.2) is 0 Å². The van der Waals surface area contributed by atoms with Crippen LogP contribution in [0.15, 0.2) is 29.2 Å². The first-order chi connectivity index (χ1) is 10.6. The number of nitrogens with zero attached hydrogens (tertiary/aromatic N) is 1. The average Bonchev–Trinajstić information content (AvgIpc) is 2.76. The molecule has 0 unspecified atom stereocenters. The van der Waals surface area contributed by atoms with Crippen LogP contribution in [0, 0.1) is 0 Å². The number of carbonyl (C=O) groups excluding carboxylic acids is 2. The molecule has 2 amide bonds. The molecule has 1 aromatic rings. The van der Waals surface area contributed by atoms with Crippen molar-refractivity contribution in [2.45, 2.75) is 17.7 Å².